The molecule has 1 aromatic carbocycles. The molecule has 1 heterocycles. The summed E-state index contributed by atoms with van der Waals surface area (Å²) in [4.78, 5) is 30.8. The van der Waals surface area contributed by atoms with Crippen molar-refractivity contribution in [1.29, 1.82) is 0 Å². The van der Waals surface area contributed by atoms with Crippen LogP contribution in [0.5, 0.6) is 0 Å². The number of carbonyl (C=O) groups excluding carboxylic acids is 1. The van der Waals surface area contributed by atoms with E-state index in [-0.39, 0.29) is 17.3 Å². The topological polar surface area (TPSA) is 68.4 Å². The van der Waals surface area contributed by atoms with E-state index in [2.05, 4.69) is 24.1 Å². The zero-order valence-corrected chi connectivity index (χ0v) is 18.4. The smallest absolute Gasteiger partial charge is 0.334 e. The SMILES string of the molecule is CC[NH+](CC)CCn1c2c(c(SCC(=O)Nc3ccc(C)cc3)nc1=O)CCC2. The van der Waals surface area contributed by atoms with E-state index in [0.717, 1.165) is 66.4 Å². The van der Waals surface area contributed by atoms with Gasteiger partial charge in [-0.1, -0.05) is 29.5 Å². The van der Waals surface area contributed by atoms with E-state index < -0.39 is 0 Å². The fraction of sp³-hybridized carbons (Fsp3) is 0.500. The highest BCUT2D eigenvalue weighted by atomic mass is 32.2. The van der Waals surface area contributed by atoms with Gasteiger partial charge in [-0.15, -0.1) is 0 Å². The number of likely N-dealkylation sites (N-methyl/N-ethyl adjacent to an activating group) is 1. The molecular formula is C22H31N4O2S+. The average Bonchev–Trinajstić information content (AvgIpc) is 3.20. The van der Waals surface area contributed by atoms with Crippen LogP contribution in [0.2, 0.25) is 0 Å². The van der Waals surface area contributed by atoms with E-state index >= 15 is 0 Å². The highest BCUT2D eigenvalue weighted by Crippen LogP contribution is 2.29. The lowest BCUT2D eigenvalue weighted by molar-refractivity contribution is -0.897. The van der Waals surface area contributed by atoms with Crippen molar-refractivity contribution in [2.24, 2.45) is 0 Å². The van der Waals surface area contributed by atoms with Crippen molar-refractivity contribution in [2.45, 2.75) is 51.6 Å². The number of hydrogen-bond donors (Lipinski definition) is 2. The van der Waals surface area contributed by atoms with Gasteiger partial charge in [0.2, 0.25) is 5.91 Å². The summed E-state index contributed by atoms with van der Waals surface area (Å²) in [5.41, 5.74) is 4.04. The highest BCUT2D eigenvalue weighted by Gasteiger charge is 2.23. The average molecular weight is 416 g/mol. The van der Waals surface area contributed by atoms with Crippen molar-refractivity contribution in [1.82, 2.24) is 9.55 Å². The standard InChI is InChI=1S/C22H30N4O2S/c1-4-25(5-2)13-14-26-19-8-6-7-18(19)21(24-22(26)28)29-15-20(27)23-17-11-9-16(3)10-12-17/h9-12H,4-8,13-15H2,1-3H3,(H,23,27)/p+1. The minimum Gasteiger partial charge on any atom is -0.334 e. The van der Waals surface area contributed by atoms with Crippen LogP contribution in [-0.4, -0.2) is 40.8 Å². The van der Waals surface area contributed by atoms with Crippen LogP contribution < -0.4 is 15.9 Å². The Morgan fingerprint density at radius 2 is 1.93 bits per heavy atom. The first kappa shape index (κ1) is 21.6. The largest absolute Gasteiger partial charge is 0.349 e. The van der Waals surface area contributed by atoms with E-state index in [9.17, 15) is 9.59 Å². The van der Waals surface area contributed by atoms with Gasteiger partial charge in [-0.05, 0) is 52.2 Å². The second kappa shape index (κ2) is 10.1. The second-order valence-corrected chi connectivity index (χ2v) is 8.50. The summed E-state index contributed by atoms with van der Waals surface area (Å²) in [5.74, 6) is 0.169. The molecule has 0 radical (unpaired) electrons. The van der Waals surface area contributed by atoms with Gasteiger partial charge in [-0.2, -0.15) is 4.98 Å². The van der Waals surface area contributed by atoms with Crippen molar-refractivity contribution in [3.63, 3.8) is 0 Å². The van der Waals surface area contributed by atoms with Crippen molar-refractivity contribution < 1.29 is 9.69 Å². The first-order chi connectivity index (χ1) is 14.0. The summed E-state index contributed by atoms with van der Waals surface area (Å²) in [7, 11) is 0. The molecule has 6 nitrogen and oxygen atoms in total. The molecule has 0 bridgehead atoms. The van der Waals surface area contributed by atoms with E-state index in [0.29, 0.717) is 6.54 Å². The molecule has 0 saturated heterocycles. The van der Waals surface area contributed by atoms with Crippen LogP contribution in [-0.2, 0) is 24.2 Å². The third kappa shape index (κ3) is 5.48. The van der Waals surface area contributed by atoms with Crippen molar-refractivity contribution in [3.8, 4) is 0 Å². The molecule has 156 valence electrons. The number of quaternary nitrogens is 1. The van der Waals surface area contributed by atoms with E-state index in [4.69, 9.17) is 0 Å². The van der Waals surface area contributed by atoms with Crippen LogP contribution in [0, 0.1) is 6.92 Å². The van der Waals surface area contributed by atoms with Crippen LogP contribution in [0.1, 0.15) is 37.1 Å². The number of amides is 1. The molecule has 0 fully saturated rings. The number of carbonyl (C=O) groups is 1. The number of rotatable bonds is 9. The highest BCUT2D eigenvalue weighted by molar-refractivity contribution is 8.00. The molecule has 0 aliphatic heterocycles. The lowest BCUT2D eigenvalue weighted by Crippen LogP contribution is -3.11. The molecule has 3 rings (SSSR count). The van der Waals surface area contributed by atoms with E-state index in [1.54, 1.807) is 0 Å². The molecule has 0 spiro atoms. The molecule has 1 aromatic heterocycles. The van der Waals surface area contributed by atoms with Crippen LogP contribution in [0.3, 0.4) is 0 Å². The zero-order chi connectivity index (χ0) is 20.8. The Hall–Kier alpha value is -2.12. The zero-order valence-electron chi connectivity index (χ0n) is 17.6. The van der Waals surface area contributed by atoms with Crippen LogP contribution in [0.25, 0.3) is 0 Å². The Morgan fingerprint density at radius 1 is 1.21 bits per heavy atom. The van der Waals surface area contributed by atoms with Gasteiger partial charge in [-0.3, -0.25) is 9.36 Å². The number of nitrogens with one attached hydrogen (secondary N) is 2. The molecular weight excluding hydrogens is 384 g/mol. The fourth-order valence-electron chi connectivity index (χ4n) is 3.78. The van der Waals surface area contributed by atoms with E-state index in [1.165, 1.54) is 16.7 Å². The summed E-state index contributed by atoms with van der Waals surface area (Å²) in [5, 5.41) is 3.63. The van der Waals surface area contributed by atoms with Gasteiger partial charge in [0, 0.05) is 16.9 Å². The van der Waals surface area contributed by atoms with Crippen molar-refractivity contribution in [3.05, 3.63) is 51.6 Å². The molecule has 1 aliphatic carbocycles. The minimum atomic E-state index is -0.182. The Labute approximate surface area is 176 Å². The summed E-state index contributed by atoms with van der Waals surface area (Å²) >= 11 is 1.37. The van der Waals surface area contributed by atoms with Crippen LogP contribution >= 0.6 is 11.8 Å². The summed E-state index contributed by atoms with van der Waals surface area (Å²) in [6.45, 7) is 10.1. The first-order valence-corrected chi connectivity index (χ1v) is 11.5. The number of aromatic nitrogens is 2. The van der Waals surface area contributed by atoms with Crippen molar-refractivity contribution in [2.75, 3.05) is 30.7 Å². The van der Waals surface area contributed by atoms with Gasteiger partial charge in [0.15, 0.2) is 0 Å². The van der Waals surface area contributed by atoms with Gasteiger partial charge in [0.1, 0.15) is 5.03 Å². The molecule has 1 amide bonds. The maximum absolute atomic E-state index is 12.7. The Balaban J connectivity index is 1.68. The normalized spacial score (nSPS) is 13.0. The summed E-state index contributed by atoms with van der Waals surface area (Å²) in [6.07, 6.45) is 2.90. The summed E-state index contributed by atoms with van der Waals surface area (Å²) < 4.78 is 1.87. The number of fused-ring (bicyclic) bond motifs is 1. The number of anilines is 1. The first-order valence-electron chi connectivity index (χ1n) is 10.5. The number of benzene rings is 1. The predicted molar refractivity (Wildman–Crippen MR) is 118 cm³/mol. The minimum absolute atomic E-state index is 0.0817. The van der Waals surface area contributed by atoms with Crippen molar-refractivity contribution >= 4 is 23.4 Å². The lowest BCUT2D eigenvalue weighted by atomic mass is 10.2. The lowest BCUT2D eigenvalue weighted by Gasteiger charge is -2.18. The quantitative estimate of drug-likeness (QED) is 0.483. The molecule has 1 aliphatic rings. The van der Waals surface area contributed by atoms with Gasteiger partial charge < -0.3 is 10.2 Å². The fourth-order valence-corrected chi connectivity index (χ4v) is 4.65. The number of nitrogens with zero attached hydrogens (tertiary/aromatic N) is 2. The maximum Gasteiger partial charge on any atom is 0.349 e. The Morgan fingerprint density at radius 3 is 2.62 bits per heavy atom. The molecule has 2 aromatic rings. The Kier molecular flexibility index (Phi) is 7.50. The second-order valence-electron chi connectivity index (χ2n) is 7.54. The molecule has 0 unspecified atom stereocenters. The number of hydrogen-bond acceptors (Lipinski definition) is 4. The van der Waals surface area contributed by atoms with Gasteiger partial charge in [-0.25, -0.2) is 4.79 Å². The number of thioether (sulfide) groups is 1. The predicted octanol–water partition coefficient (Wildman–Crippen LogP) is 1.70. The monoisotopic (exact) mass is 415 g/mol. The molecule has 0 atom stereocenters. The molecule has 0 saturated carbocycles. The number of aryl methyl sites for hydroxylation is 1. The molecule has 2 N–H and O–H groups in total. The van der Waals surface area contributed by atoms with Gasteiger partial charge in [0.25, 0.3) is 0 Å². The van der Waals surface area contributed by atoms with E-state index in [1.807, 2.05) is 35.8 Å². The third-order valence-electron chi connectivity index (χ3n) is 5.57. The van der Waals surface area contributed by atoms with Gasteiger partial charge >= 0.3 is 5.69 Å². The maximum atomic E-state index is 12.7. The summed E-state index contributed by atoms with van der Waals surface area (Å²) in [6, 6.07) is 7.73. The Bertz CT molecular complexity index is 904. The molecule has 7 heteroatoms. The van der Waals surface area contributed by atoms with Crippen LogP contribution in [0.4, 0.5) is 5.69 Å². The van der Waals surface area contributed by atoms with Gasteiger partial charge in [0.05, 0.1) is 31.9 Å². The van der Waals surface area contributed by atoms with Crippen LogP contribution in [0.15, 0.2) is 34.1 Å². The third-order valence-corrected chi connectivity index (χ3v) is 6.58. The molecule has 29 heavy (non-hydrogen) atoms.